The number of piperazine rings is 1. The molecule has 1 aliphatic rings. The lowest BCUT2D eigenvalue weighted by atomic mass is 10.2. The molecule has 4 rings (SSSR count). The van der Waals surface area contributed by atoms with Gasteiger partial charge in [-0.05, 0) is 13.0 Å². The molecule has 10 nitrogen and oxygen atoms in total. The van der Waals surface area contributed by atoms with Crippen LogP contribution in [0.3, 0.4) is 0 Å². The molecule has 0 N–H and O–H groups in total. The summed E-state index contributed by atoms with van der Waals surface area (Å²) in [6, 6.07) is 6.46. The number of ether oxygens (including phenoxy) is 1. The van der Waals surface area contributed by atoms with Crippen LogP contribution in [0.1, 0.15) is 12.5 Å². The molecule has 0 aliphatic carbocycles. The number of rotatable bonds is 6. The van der Waals surface area contributed by atoms with Gasteiger partial charge in [-0.25, -0.2) is 23.8 Å². The summed E-state index contributed by atoms with van der Waals surface area (Å²) in [6.07, 6.45) is 1.03. The average Bonchev–Trinajstić information content (AvgIpc) is 3.22. The van der Waals surface area contributed by atoms with Gasteiger partial charge in [0.05, 0.1) is 18.9 Å². The highest BCUT2D eigenvalue weighted by Gasteiger charge is 2.25. The minimum atomic E-state index is -0.351. The molecule has 1 saturated heterocycles. The first-order chi connectivity index (χ1) is 15.6. The molecular weight excluding hydrogens is 437 g/mol. The Kier molecular flexibility index (Phi) is 6.78. The lowest BCUT2D eigenvalue weighted by molar-refractivity contribution is -0.129. The van der Waals surface area contributed by atoms with Crippen molar-refractivity contribution in [3.63, 3.8) is 0 Å². The molecule has 12 heteroatoms. The smallest absolute Gasteiger partial charge is 0.409 e. The summed E-state index contributed by atoms with van der Waals surface area (Å²) in [7, 11) is 0. The summed E-state index contributed by atoms with van der Waals surface area (Å²) in [4.78, 5) is 36.2. The lowest BCUT2D eigenvalue weighted by Gasteiger charge is -2.34. The van der Waals surface area contributed by atoms with Gasteiger partial charge >= 0.3 is 6.09 Å². The van der Waals surface area contributed by atoms with Crippen LogP contribution in [0.4, 0.5) is 9.18 Å². The van der Waals surface area contributed by atoms with Crippen LogP contribution in [-0.4, -0.2) is 85.3 Å². The lowest BCUT2D eigenvalue weighted by Crippen LogP contribution is -2.51. The Morgan fingerprint density at radius 3 is 2.62 bits per heavy atom. The van der Waals surface area contributed by atoms with E-state index in [9.17, 15) is 14.0 Å². The fourth-order valence-corrected chi connectivity index (χ4v) is 4.18. The van der Waals surface area contributed by atoms with E-state index in [0.717, 1.165) is 0 Å². The Morgan fingerprint density at radius 2 is 1.88 bits per heavy atom. The van der Waals surface area contributed by atoms with Crippen molar-refractivity contribution in [1.29, 1.82) is 0 Å². The van der Waals surface area contributed by atoms with E-state index < -0.39 is 0 Å². The van der Waals surface area contributed by atoms with E-state index in [0.29, 0.717) is 54.5 Å². The van der Waals surface area contributed by atoms with Crippen LogP contribution in [0, 0.1) is 5.82 Å². The van der Waals surface area contributed by atoms with Crippen LogP contribution >= 0.6 is 11.8 Å². The van der Waals surface area contributed by atoms with Crippen LogP contribution in [0.15, 0.2) is 35.6 Å². The Bertz CT molecular complexity index is 1120. The van der Waals surface area contributed by atoms with Crippen molar-refractivity contribution in [2.75, 3.05) is 38.5 Å². The van der Waals surface area contributed by atoms with Crippen LogP contribution in [0.2, 0.25) is 0 Å². The number of carbonyl (C=O) groups is 2. The van der Waals surface area contributed by atoms with E-state index in [1.165, 1.54) is 28.8 Å². The number of amides is 2. The molecule has 1 aromatic carbocycles. The van der Waals surface area contributed by atoms with Crippen LogP contribution < -0.4 is 0 Å². The minimum Gasteiger partial charge on any atom is -0.450 e. The van der Waals surface area contributed by atoms with Gasteiger partial charge in [0, 0.05) is 31.7 Å². The van der Waals surface area contributed by atoms with Crippen molar-refractivity contribution in [3.8, 4) is 0 Å². The summed E-state index contributed by atoms with van der Waals surface area (Å²) in [5.41, 5.74) is 1.42. The van der Waals surface area contributed by atoms with E-state index in [4.69, 9.17) is 4.74 Å². The third kappa shape index (κ3) is 4.79. The highest BCUT2D eigenvalue weighted by atomic mass is 32.2. The third-order valence-electron chi connectivity index (χ3n) is 5.04. The standard InChI is InChI=1S/C20H22FN7O3S/c1-2-31-20(30)27-9-7-26(8-10-27)16(29)12-32-19-17-18(22-13-23-19)28(25-24-17)11-14-5-3-4-6-15(14)21/h3-6,13H,2,7-12H2,1H3. The molecule has 1 aliphatic heterocycles. The molecule has 1 fully saturated rings. The highest BCUT2D eigenvalue weighted by molar-refractivity contribution is 8.00. The van der Waals surface area contributed by atoms with Crippen molar-refractivity contribution in [2.24, 2.45) is 0 Å². The molecule has 0 atom stereocenters. The predicted molar refractivity (Wildman–Crippen MR) is 115 cm³/mol. The SMILES string of the molecule is CCOC(=O)N1CCN(C(=O)CSc2ncnc3c2nnn3Cc2ccccc2F)CC1. The number of fused-ring (bicyclic) bond motifs is 1. The van der Waals surface area contributed by atoms with Crippen molar-refractivity contribution < 1.29 is 18.7 Å². The second-order valence-electron chi connectivity index (χ2n) is 7.04. The van der Waals surface area contributed by atoms with E-state index in [1.54, 1.807) is 34.9 Å². The summed E-state index contributed by atoms with van der Waals surface area (Å²) in [5, 5.41) is 8.77. The molecule has 0 saturated carbocycles. The minimum absolute atomic E-state index is 0.0518. The number of thioether (sulfide) groups is 1. The molecular formula is C20H22FN7O3S. The molecule has 0 radical (unpaired) electrons. The zero-order valence-electron chi connectivity index (χ0n) is 17.5. The number of halogens is 1. The van der Waals surface area contributed by atoms with Gasteiger partial charge in [0.1, 0.15) is 17.2 Å². The van der Waals surface area contributed by atoms with Gasteiger partial charge in [0.2, 0.25) is 5.91 Å². The Morgan fingerprint density at radius 1 is 1.12 bits per heavy atom. The molecule has 168 valence electrons. The maximum Gasteiger partial charge on any atom is 0.409 e. The first-order valence-electron chi connectivity index (χ1n) is 10.2. The average molecular weight is 460 g/mol. The van der Waals surface area contributed by atoms with Gasteiger partial charge in [0.25, 0.3) is 0 Å². The Hall–Kier alpha value is -3.28. The van der Waals surface area contributed by atoms with E-state index >= 15 is 0 Å². The van der Waals surface area contributed by atoms with Gasteiger partial charge in [-0.2, -0.15) is 0 Å². The number of hydrogen-bond acceptors (Lipinski definition) is 8. The normalized spacial score (nSPS) is 14.1. The molecule has 3 heterocycles. The molecule has 0 bridgehead atoms. The monoisotopic (exact) mass is 459 g/mol. The van der Waals surface area contributed by atoms with Gasteiger partial charge in [-0.15, -0.1) is 5.10 Å². The number of aromatic nitrogens is 5. The zero-order chi connectivity index (χ0) is 22.5. The van der Waals surface area contributed by atoms with Crippen LogP contribution in [-0.2, 0) is 16.1 Å². The second kappa shape index (κ2) is 9.90. The number of carbonyl (C=O) groups excluding carboxylic acids is 2. The fourth-order valence-electron chi connectivity index (χ4n) is 3.35. The fraction of sp³-hybridized carbons (Fsp3) is 0.400. The number of benzene rings is 1. The summed E-state index contributed by atoms with van der Waals surface area (Å²) >= 11 is 1.25. The van der Waals surface area contributed by atoms with Crippen LogP contribution in [0.25, 0.3) is 11.2 Å². The zero-order valence-corrected chi connectivity index (χ0v) is 18.3. The van der Waals surface area contributed by atoms with Gasteiger partial charge < -0.3 is 14.5 Å². The Labute approximate surface area is 187 Å². The molecule has 0 unspecified atom stereocenters. The molecule has 3 aromatic rings. The number of hydrogen-bond donors (Lipinski definition) is 0. The molecule has 0 spiro atoms. The topological polar surface area (TPSA) is 106 Å². The predicted octanol–water partition coefficient (Wildman–Crippen LogP) is 1.80. The van der Waals surface area contributed by atoms with Crippen molar-refractivity contribution in [2.45, 2.75) is 18.5 Å². The maximum atomic E-state index is 14.0. The number of nitrogens with zero attached hydrogens (tertiary/aromatic N) is 7. The highest BCUT2D eigenvalue weighted by Crippen LogP contribution is 2.23. The Balaban J connectivity index is 1.38. The first-order valence-corrected chi connectivity index (χ1v) is 11.1. The van der Waals surface area contributed by atoms with Crippen molar-refractivity contribution in [3.05, 3.63) is 42.0 Å². The molecule has 2 amide bonds. The van der Waals surface area contributed by atoms with E-state index in [-0.39, 0.29) is 30.1 Å². The van der Waals surface area contributed by atoms with Gasteiger partial charge in [-0.1, -0.05) is 35.2 Å². The molecule has 2 aromatic heterocycles. The molecule has 32 heavy (non-hydrogen) atoms. The summed E-state index contributed by atoms with van der Waals surface area (Å²) < 4.78 is 20.5. The summed E-state index contributed by atoms with van der Waals surface area (Å²) in [6.45, 7) is 4.07. The largest absolute Gasteiger partial charge is 0.450 e. The van der Waals surface area contributed by atoms with Gasteiger partial charge in [-0.3, -0.25) is 4.79 Å². The maximum absolute atomic E-state index is 14.0. The first kappa shape index (κ1) is 21.9. The summed E-state index contributed by atoms with van der Waals surface area (Å²) in [5.74, 6) is -0.205. The van der Waals surface area contributed by atoms with E-state index in [2.05, 4.69) is 20.3 Å². The van der Waals surface area contributed by atoms with Crippen molar-refractivity contribution >= 4 is 34.9 Å². The quantitative estimate of drug-likeness (QED) is 0.406. The second-order valence-corrected chi connectivity index (χ2v) is 8.01. The van der Waals surface area contributed by atoms with Gasteiger partial charge in [0.15, 0.2) is 11.2 Å². The van der Waals surface area contributed by atoms with Crippen molar-refractivity contribution in [1.82, 2.24) is 34.8 Å². The third-order valence-corrected chi connectivity index (χ3v) is 6.00. The van der Waals surface area contributed by atoms with Crippen LogP contribution in [0.5, 0.6) is 0 Å². The van der Waals surface area contributed by atoms with E-state index in [1.807, 2.05) is 0 Å².